The Kier molecular flexibility index (Phi) is 8.28. The van der Waals surface area contributed by atoms with E-state index < -0.39 is 37.6 Å². The molecule has 1 spiro atoms. The van der Waals surface area contributed by atoms with Gasteiger partial charge < -0.3 is 28.5 Å². The van der Waals surface area contributed by atoms with Gasteiger partial charge in [0.25, 0.3) is 11.5 Å². The van der Waals surface area contributed by atoms with Crippen molar-refractivity contribution in [3.8, 4) is 11.4 Å². The molecule has 0 bridgehead atoms. The summed E-state index contributed by atoms with van der Waals surface area (Å²) < 4.78 is 29.9. The summed E-state index contributed by atoms with van der Waals surface area (Å²) in [4.78, 5) is 44.9. The SMILES string of the molecule is C=CCN1C(=O)[C@]2(O[C@H](CC(=O)N3Cc4ccccc4C[C@H]3CO)[C@@H]([Si](C)(C)F)[C@@H]2C)c2cc(-n3cccc(OC)c3=O)ccc21. The molecule has 0 radical (unpaired) electrons. The van der Waals surface area contributed by atoms with Gasteiger partial charge in [-0.3, -0.25) is 19.0 Å². The van der Waals surface area contributed by atoms with Crippen LogP contribution in [-0.4, -0.2) is 67.2 Å². The highest BCUT2D eigenvalue weighted by atomic mass is 28.4. The molecule has 0 aliphatic carbocycles. The Labute approximate surface area is 269 Å². The van der Waals surface area contributed by atoms with Crippen molar-refractivity contribution in [1.82, 2.24) is 9.47 Å². The summed E-state index contributed by atoms with van der Waals surface area (Å²) in [6.45, 7) is 9.20. The Morgan fingerprint density at radius 2 is 1.91 bits per heavy atom. The average molecular weight is 646 g/mol. The molecule has 6 rings (SSSR count). The summed E-state index contributed by atoms with van der Waals surface area (Å²) in [7, 11) is -2.12. The minimum Gasteiger partial charge on any atom is -0.491 e. The van der Waals surface area contributed by atoms with E-state index in [4.69, 9.17) is 9.47 Å². The van der Waals surface area contributed by atoms with Gasteiger partial charge in [-0.1, -0.05) is 37.3 Å². The molecule has 2 amide bonds. The predicted octanol–water partition coefficient (Wildman–Crippen LogP) is 4.49. The van der Waals surface area contributed by atoms with Crippen LogP contribution in [0.2, 0.25) is 18.6 Å². The van der Waals surface area contributed by atoms with Gasteiger partial charge in [-0.05, 0) is 61.0 Å². The quantitative estimate of drug-likeness (QED) is 0.220. The van der Waals surface area contributed by atoms with Crippen molar-refractivity contribution < 1.29 is 28.3 Å². The van der Waals surface area contributed by atoms with Gasteiger partial charge >= 0.3 is 0 Å². The monoisotopic (exact) mass is 645 g/mol. The molecule has 242 valence electrons. The summed E-state index contributed by atoms with van der Waals surface area (Å²) >= 11 is 0. The van der Waals surface area contributed by atoms with Crippen LogP contribution in [0.1, 0.15) is 30.0 Å². The number of hydrogen-bond donors (Lipinski definition) is 1. The van der Waals surface area contributed by atoms with E-state index in [9.17, 15) is 19.5 Å². The van der Waals surface area contributed by atoms with Crippen molar-refractivity contribution in [1.29, 1.82) is 0 Å². The molecule has 0 saturated carbocycles. The molecule has 1 saturated heterocycles. The highest BCUT2D eigenvalue weighted by molar-refractivity contribution is 6.72. The fraction of sp³-hybridized carbons (Fsp3) is 0.400. The Morgan fingerprint density at radius 3 is 2.59 bits per heavy atom. The minimum atomic E-state index is -3.54. The molecule has 0 unspecified atom stereocenters. The number of methoxy groups -OCH3 is 1. The second kappa shape index (κ2) is 11.9. The Morgan fingerprint density at radius 1 is 1.17 bits per heavy atom. The maximum absolute atomic E-state index is 16.4. The van der Waals surface area contributed by atoms with Gasteiger partial charge in [0.05, 0.1) is 38.0 Å². The maximum Gasteiger partial charge on any atom is 0.297 e. The number of aromatic nitrogens is 1. The van der Waals surface area contributed by atoms with E-state index in [1.807, 2.05) is 31.2 Å². The van der Waals surface area contributed by atoms with E-state index in [0.29, 0.717) is 29.9 Å². The van der Waals surface area contributed by atoms with Gasteiger partial charge in [0.2, 0.25) is 14.3 Å². The number of carbonyl (C=O) groups excluding carboxylic acids is 2. The van der Waals surface area contributed by atoms with E-state index in [1.54, 1.807) is 65.5 Å². The second-order valence-corrected chi connectivity index (χ2v) is 16.8. The van der Waals surface area contributed by atoms with E-state index in [1.165, 1.54) is 11.7 Å². The fourth-order valence-electron chi connectivity index (χ4n) is 7.86. The Hall–Kier alpha value is -4.06. The zero-order chi connectivity index (χ0) is 33.0. The number of benzene rings is 2. The third-order valence-corrected chi connectivity index (χ3v) is 12.4. The number of rotatable bonds is 8. The van der Waals surface area contributed by atoms with Gasteiger partial charge in [-0.25, -0.2) is 0 Å². The Balaban J connectivity index is 1.42. The van der Waals surface area contributed by atoms with E-state index in [-0.39, 0.29) is 42.7 Å². The molecular weight excluding hydrogens is 605 g/mol. The number of pyridine rings is 1. The smallest absolute Gasteiger partial charge is 0.297 e. The molecule has 1 fully saturated rings. The molecule has 1 aromatic heterocycles. The molecule has 46 heavy (non-hydrogen) atoms. The molecule has 2 aromatic carbocycles. The van der Waals surface area contributed by atoms with Crippen LogP contribution in [-0.2, 0) is 32.9 Å². The predicted molar refractivity (Wildman–Crippen MR) is 175 cm³/mol. The van der Waals surface area contributed by atoms with Crippen LogP contribution >= 0.6 is 0 Å². The van der Waals surface area contributed by atoms with Crippen LogP contribution in [0, 0.1) is 5.92 Å². The summed E-state index contributed by atoms with van der Waals surface area (Å²) in [6.07, 6.45) is 2.75. The summed E-state index contributed by atoms with van der Waals surface area (Å²) in [5, 5.41) is 10.2. The standard InChI is InChI=1S/C35H40FN3O6Si/c1-6-15-38-28-14-13-25(37-16-9-12-29(44-3)33(37)42)18-27(28)35(34(38)43)22(2)32(46(4,5)36)30(45-35)19-31(41)39-20-24-11-8-7-10-23(24)17-26(39)21-40/h6-14,16,18,22,26,30,32,40H,1,15,17,19-21H2,2-5H3/t22-,26-,30+,32-,35+/m0/s1. The van der Waals surface area contributed by atoms with Crippen molar-refractivity contribution in [2.75, 3.05) is 25.2 Å². The number of aliphatic hydroxyl groups excluding tert-OH is 1. The fourth-order valence-corrected chi connectivity index (χ4v) is 10.4. The normalized spacial score (nSPS) is 25.5. The van der Waals surface area contributed by atoms with Crippen molar-refractivity contribution >= 4 is 25.9 Å². The molecule has 3 aliphatic rings. The largest absolute Gasteiger partial charge is 0.491 e. The van der Waals surface area contributed by atoms with Gasteiger partial charge in [0.15, 0.2) is 11.4 Å². The van der Waals surface area contributed by atoms with Crippen molar-refractivity contribution in [2.24, 2.45) is 5.92 Å². The molecule has 11 heteroatoms. The zero-order valence-electron chi connectivity index (χ0n) is 26.6. The average Bonchev–Trinajstić information content (AvgIpc) is 3.46. The first-order valence-corrected chi connectivity index (χ1v) is 18.6. The first kappa shape index (κ1) is 31.9. The van der Waals surface area contributed by atoms with Gasteiger partial charge in [0.1, 0.15) is 0 Å². The highest BCUT2D eigenvalue weighted by Crippen LogP contribution is 2.60. The molecule has 5 atom stereocenters. The number of hydrogen-bond acceptors (Lipinski definition) is 6. The topological polar surface area (TPSA) is 101 Å². The number of nitrogens with zero attached hydrogens (tertiary/aromatic N) is 3. The molecule has 9 nitrogen and oxygen atoms in total. The first-order chi connectivity index (χ1) is 22.0. The third-order valence-electron chi connectivity index (χ3n) is 9.93. The number of carbonyl (C=O) groups is 2. The summed E-state index contributed by atoms with van der Waals surface area (Å²) in [6, 6.07) is 16.0. The van der Waals surface area contributed by atoms with E-state index in [0.717, 1.165) is 11.1 Å². The van der Waals surface area contributed by atoms with E-state index >= 15 is 4.11 Å². The molecular formula is C35H40FN3O6Si. The van der Waals surface area contributed by atoms with Crippen molar-refractivity contribution in [3.63, 3.8) is 0 Å². The zero-order valence-corrected chi connectivity index (χ0v) is 27.6. The molecule has 4 heterocycles. The van der Waals surface area contributed by atoms with Crippen molar-refractivity contribution in [2.45, 2.75) is 62.7 Å². The van der Waals surface area contributed by atoms with E-state index in [2.05, 4.69) is 6.58 Å². The minimum absolute atomic E-state index is 0.130. The van der Waals surface area contributed by atoms with Crippen LogP contribution in [0.5, 0.6) is 5.75 Å². The maximum atomic E-state index is 16.4. The lowest BCUT2D eigenvalue weighted by Gasteiger charge is -2.37. The number of aliphatic hydroxyl groups is 1. The summed E-state index contributed by atoms with van der Waals surface area (Å²) in [5.41, 5.74) is 1.08. The number of anilines is 1. The third kappa shape index (κ3) is 5.01. The van der Waals surface area contributed by atoms with Crippen LogP contribution in [0.15, 0.2) is 78.2 Å². The van der Waals surface area contributed by atoms with Crippen LogP contribution in [0.4, 0.5) is 9.80 Å². The first-order valence-electron chi connectivity index (χ1n) is 15.6. The Bertz CT molecular complexity index is 1750. The summed E-state index contributed by atoms with van der Waals surface area (Å²) in [5.74, 6) is -1.05. The van der Waals surface area contributed by atoms with Gasteiger partial charge in [-0.15, -0.1) is 6.58 Å². The number of fused-ring (bicyclic) bond motifs is 3. The van der Waals surface area contributed by atoms with Gasteiger partial charge in [0, 0.05) is 42.0 Å². The van der Waals surface area contributed by atoms with Crippen LogP contribution < -0.4 is 15.2 Å². The van der Waals surface area contributed by atoms with Crippen molar-refractivity contribution in [3.05, 3.63) is 100 Å². The number of halogens is 1. The molecule has 1 N–H and O–H groups in total. The molecule has 3 aliphatic heterocycles. The number of ether oxygens (including phenoxy) is 2. The van der Waals surface area contributed by atoms with Gasteiger partial charge in [-0.2, -0.15) is 0 Å². The lowest BCUT2D eigenvalue weighted by molar-refractivity contribution is -0.150. The lowest BCUT2D eigenvalue weighted by atomic mass is 9.82. The van der Waals surface area contributed by atoms with Crippen LogP contribution in [0.3, 0.4) is 0 Å². The lowest BCUT2D eigenvalue weighted by Crippen LogP contribution is -2.48. The highest BCUT2D eigenvalue weighted by Gasteiger charge is 2.67. The van der Waals surface area contributed by atoms with Crippen LogP contribution in [0.25, 0.3) is 5.69 Å². The second-order valence-electron chi connectivity index (χ2n) is 13.0. The number of amides is 2. The molecule has 3 aromatic rings.